The van der Waals surface area contributed by atoms with Crippen LogP contribution in [0, 0.1) is 0 Å². The lowest BCUT2D eigenvalue weighted by molar-refractivity contribution is -0.152. The Morgan fingerprint density at radius 3 is 2.29 bits per heavy atom. The largest absolute Gasteiger partial charge is 0.462 e. The van der Waals surface area contributed by atoms with Gasteiger partial charge in [-0.1, -0.05) is 13.8 Å². The monoisotopic (exact) mass is 247 g/mol. The lowest BCUT2D eigenvalue weighted by Gasteiger charge is -2.23. The van der Waals surface area contributed by atoms with Crippen LogP contribution in [-0.4, -0.2) is 45.0 Å². The first-order chi connectivity index (χ1) is 8.10. The summed E-state index contributed by atoms with van der Waals surface area (Å²) >= 11 is 0. The summed E-state index contributed by atoms with van der Waals surface area (Å²) < 4.78 is 15.2. The van der Waals surface area contributed by atoms with Gasteiger partial charge in [0.15, 0.2) is 0 Å². The molecule has 0 saturated heterocycles. The molecule has 0 rings (SSSR count). The van der Waals surface area contributed by atoms with Gasteiger partial charge in [-0.2, -0.15) is 0 Å². The molecule has 0 aromatic carbocycles. The molecule has 0 aliphatic heterocycles. The van der Waals surface area contributed by atoms with Crippen LogP contribution in [0.25, 0.3) is 0 Å². The first-order valence-electron chi connectivity index (χ1n) is 6.13. The molecule has 0 aliphatic rings. The maximum Gasteiger partial charge on any atom is 0.326 e. The highest BCUT2D eigenvalue weighted by Crippen LogP contribution is 2.12. The van der Waals surface area contributed by atoms with Crippen LogP contribution in [0.1, 0.15) is 33.1 Å². The standard InChI is InChI=1S/C12H25NO4/c1-4-12(13,5-2)11(14)17-10-9-16-8-6-7-15-3/h4-10,13H2,1-3H3. The summed E-state index contributed by atoms with van der Waals surface area (Å²) in [6.07, 6.45) is 2.00. The quantitative estimate of drug-likeness (QED) is 0.462. The van der Waals surface area contributed by atoms with Crippen LogP contribution in [0.3, 0.4) is 0 Å². The first kappa shape index (κ1) is 16.4. The second-order valence-electron chi connectivity index (χ2n) is 3.96. The number of hydrogen-bond acceptors (Lipinski definition) is 5. The summed E-state index contributed by atoms with van der Waals surface area (Å²) in [5.74, 6) is -0.344. The van der Waals surface area contributed by atoms with Crippen LogP contribution in [-0.2, 0) is 19.0 Å². The van der Waals surface area contributed by atoms with Crippen molar-refractivity contribution < 1.29 is 19.0 Å². The maximum atomic E-state index is 11.6. The van der Waals surface area contributed by atoms with Gasteiger partial charge in [-0.15, -0.1) is 0 Å². The normalized spacial score (nSPS) is 11.5. The van der Waals surface area contributed by atoms with E-state index < -0.39 is 5.54 Å². The average molecular weight is 247 g/mol. The molecular weight excluding hydrogens is 222 g/mol. The van der Waals surface area contributed by atoms with E-state index in [-0.39, 0.29) is 12.6 Å². The van der Waals surface area contributed by atoms with Gasteiger partial charge in [-0.05, 0) is 19.3 Å². The zero-order valence-electron chi connectivity index (χ0n) is 11.2. The van der Waals surface area contributed by atoms with E-state index in [0.717, 1.165) is 6.42 Å². The van der Waals surface area contributed by atoms with Gasteiger partial charge < -0.3 is 19.9 Å². The first-order valence-corrected chi connectivity index (χ1v) is 6.13. The summed E-state index contributed by atoms with van der Waals surface area (Å²) in [7, 11) is 1.65. The Kier molecular flexibility index (Phi) is 9.03. The second-order valence-corrected chi connectivity index (χ2v) is 3.96. The van der Waals surface area contributed by atoms with Gasteiger partial charge in [0.05, 0.1) is 6.61 Å². The fraction of sp³-hybridized carbons (Fsp3) is 0.917. The van der Waals surface area contributed by atoms with Crippen LogP contribution >= 0.6 is 0 Å². The summed E-state index contributed by atoms with van der Waals surface area (Å²) in [5, 5.41) is 0. The van der Waals surface area contributed by atoms with Crippen molar-refractivity contribution in [2.45, 2.75) is 38.6 Å². The average Bonchev–Trinajstić information content (AvgIpc) is 2.36. The lowest BCUT2D eigenvalue weighted by Crippen LogP contribution is -2.48. The smallest absolute Gasteiger partial charge is 0.326 e. The van der Waals surface area contributed by atoms with Crippen molar-refractivity contribution in [3.8, 4) is 0 Å². The van der Waals surface area contributed by atoms with Gasteiger partial charge in [-0.3, -0.25) is 4.79 Å². The minimum absolute atomic E-state index is 0.255. The molecule has 2 N–H and O–H groups in total. The van der Waals surface area contributed by atoms with Crippen molar-refractivity contribution in [2.24, 2.45) is 5.73 Å². The predicted octanol–water partition coefficient (Wildman–Crippen LogP) is 1.10. The Hall–Kier alpha value is -0.650. The summed E-state index contributed by atoms with van der Waals surface area (Å²) in [5.41, 5.74) is 5.04. The molecule has 0 saturated carbocycles. The fourth-order valence-electron chi connectivity index (χ4n) is 1.28. The molecule has 0 unspecified atom stereocenters. The summed E-state index contributed by atoms with van der Waals surface area (Å²) in [6, 6.07) is 0. The van der Waals surface area contributed by atoms with Crippen molar-refractivity contribution in [3.63, 3.8) is 0 Å². The molecule has 0 fully saturated rings. The minimum Gasteiger partial charge on any atom is -0.462 e. The molecule has 0 aromatic rings. The Labute approximate surface area is 104 Å². The van der Waals surface area contributed by atoms with E-state index >= 15 is 0 Å². The van der Waals surface area contributed by atoms with Crippen molar-refractivity contribution in [1.29, 1.82) is 0 Å². The van der Waals surface area contributed by atoms with Gasteiger partial charge in [0, 0.05) is 20.3 Å². The number of rotatable bonds is 10. The van der Waals surface area contributed by atoms with E-state index in [9.17, 15) is 4.79 Å². The van der Waals surface area contributed by atoms with E-state index in [0.29, 0.717) is 32.7 Å². The highest BCUT2D eigenvalue weighted by molar-refractivity contribution is 5.80. The third-order valence-electron chi connectivity index (χ3n) is 2.77. The van der Waals surface area contributed by atoms with E-state index in [4.69, 9.17) is 19.9 Å². The number of nitrogens with two attached hydrogens (primary N) is 1. The summed E-state index contributed by atoms with van der Waals surface area (Å²) in [6.45, 7) is 5.71. The fourth-order valence-corrected chi connectivity index (χ4v) is 1.28. The van der Waals surface area contributed by atoms with Crippen LogP contribution in [0.2, 0.25) is 0 Å². The molecule has 0 bridgehead atoms. The van der Waals surface area contributed by atoms with Crippen LogP contribution < -0.4 is 5.73 Å². The number of methoxy groups -OCH3 is 1. The van der Waals surface area contributed by atoms with Crippen molar-refractivity contribution >= 4 is 5.97 Å². The van der Waals surface area contributed by atoms with Crippen LogP contribution in [0.5, 0.6) is 0 Å². The molecule has 0 aliphatic carbocycles. The predicted molar refractivity (Wildman–Crippen MR) is 65.8 cm³/mol. The SMILES string of the molecule is CCC(N)(CC)C(=O)OCCOCCCOC. The Balaban J connectivity index is 3.57. The summed E-state index contributed by atoms with van der Waals surface area (Å²) in [4.78, 5) is 11.6. The van der Waals surface area contributed by atoms with Gasteiger partial charge in [-0.25, -0.2) is 0 Å². The maximum absolute atomic E-state index is 11.6. The highest BCUT2D eigenvalue weighted by atomic mass is 16.6. The zero-order valence-corrected chi connectivity index (χ0v) is 11.2. The lowest BCUT2D eigenvalue weighted by atomic mass is 9.95. The number of carbonyl (C=O) groups excluding carboxylic acids is 1. The molecule has 0 radical (unpaired) electrons. The van der Waals surface area contributed by atoms with Crippen LogP contribution in [0.4, 0.5) is 0 Å². The molecule has 0 atom stereocenters. The number of carbonyl (C=O) groups is 1. The molecule has 0 heterocycles. The molecule has 102 valence electrons. The van der Waals surface area contributed by atoms with Gasteiger partial charge >= 0.3 is 5.97 Å². The van der Waals surface area contributed by atoms with Gasteiger partial charge in [0.1, 0.15) is 12.1 Å². The third kappa shape index (κ3) is 6.61. The van der Waals surface area contributed by atoms with Crippen molar-refractivity contribution in [2.75, 3.05) is 33.5 Å². The molecule has 0 aromatic heterocycles. The van der Waals surface area contributed by atoms with E-state index in [1.807, 2.05) is 13.8 Å². The van der Waals surface area contributed by atoms with Gasteiger partial charge in [0.2, 0.25) is 0 Å². The minimum atomic E-state index is -0.851. The molecule has 0 spiro atoms. The van der Waals surface area contributed by atoms with Crippen molar-refractivity contribution in [3.05, 3.63) is 0 Å². The van der Waals surface area contributed by atoms with E-state index in [1.54, 1.807) is 7.11 Å². The molecule has 5 nitrogen and oxygen atoms in total. The van der Waals surface area contributed by atoms with E-state index in [1.165, 1.54) is 0 Å². The molecule has 17 heavy (non-hydrogen) atoms. The zero-order chi connectivity index (χ0) is 13.1. The van der Waals surface area contributed by atoms with Gasteiger partial charge in [0.25, 0.3) is 0 Å². The highest BCUT2D eigenvalue weighted by Gasteiger charge is 2.31. The number of esters is 1. The van der Waals surface area contributed by atoms with E-state index in [2.05, 4.69) is 0 Å². The number of ether oxygens (including phenoxy) is 3. The topological polar surface area (TPSA) is 70.8 Å². The molecule has 0 amide bonds. The Morgan fingerprint density at radius 1 is 1.12 bits per heavy atom. The van der Waals surface area contributed by atoms with Crippen LogP contribution in [0.15, 0.2) is 0 Å². The molecule has 5 heteroatoms. The molecular formula is C12H25NO4. The Bertz CT molecular complexity index is 205. The Morgan fingerprint density at radius 2 is 1.76 bits per heavy atom. The second kappa shape index (κ2) is 9.39. The third-order valence-corrected chi connectivity index (χ3v) is 2.77. The number of hydrogen-bond donors (Lipinski definition) is 1. The van der Waals surface area contributed by atoms with Crippen molar-refractivity contribution in [1.82, 2.24) is 0 Å².